The molecule has 1 aromatic rings. The van der Waals surface area contributed by atoms with Gasteiger partial charge in [0.15, 0.2) is 0 Å². The standard InChI is InChI=1S/C10H11F3N2O3S/c11-10(12,13)19(17,18)15-9(16)6-7-14-8-4-2-1-3-5-8/h1-5,14H,6-7H2,(H,15,16). The number of halogens is 3. The van der Waals surface area contributed by atoms with E-state index in [-0.39, 0.29) is 6.54 Å². The van der Waals surface area contributed by atoms with Crippen LogP contribution in [0, 0.1) is 0 Å². The number of para-hydroxylation sites is 1. The molecule has 0 saturated carbocycles. The van der Waals surface area contributed by atoms with Crippen molar-refractivity contribution in [2.75, 3.05) is 11.9 Å². The van der Waals surface area contributed by atoms with E-state index in [1.807, 2.05) is 0 Å². The quantitative estimate of drug-likeness (QED) is 0.862. The normalized spacial score (nSPS) is 11.9. The van der Waals surface area contributed by atoms with Crippen LogP contribution in [0.5, 0.6) is 0 Å². The molecule has 0 bridgehead atoms. The van der Waals surface area contributed by atoms with Crippen molar-refractivity contribution in [3.63, 3.8) is 0 Å². The van der Waals surface area contributed by atoms with Crippen molar-refractivity contribution in [2.45, 2.75) is 11.9 Å². The van der Waals surface area contributed by atoms with Crippen molar-refractivity contribution in [1.29, 1.82) is 0 Å². The number of rotatable bonds is 5. The van der Waals surface area contributed by atoms with Gasteiger partial charge >= 0.3 is 15.5 Å². The van der Waals surface area contributed by atoms with Crippen LogP contribution in [0.2, 0.25) is 0 Å². The second-order valence-corrected chi connectivity index (χ2v) is 5.19. The van der Waals surface area contributed by atoms with Crippen molar-refractivity contribution >= 4 is 21.6 Å². The predicted molar refractivity (Wildman–Crippen MR) is 62.7 cm³/mol. The first-order chi connectivity index (χ1) is 8.72. The van der Waals surface area contributed by atoms with Crippen LogP contribution in [0.15, 0.2) is 30.3 Å². The second kappa shape index (κ2) is 5.91. The average molecular weight is 296 g/mol. The number of hydrogen-bond acceptors (Lipinski definition) is 4. The molecule has 0 aliphatic carbocycles. The highest BCUT2D eigenvalue weighted by Crippen LogP contribution is 2.21. The number of carbonyl (C=O) groups is 1. The van der Waals surface area contributed by atoms with Gasteiger partial charge in [0.2, 0.25) is 5.91 Å². The monoisotopic (exact) mass is 296 g/mol. The Kier molecular flexibility index (Phi) is 4.76. The summed E-state index contributed by atoms with van der Waals surface area (Å²) in [5, 5.41) is 2.76. The fraction of sp³-hybridized carbons (Fsp3) is 0.300. The molecule has 0 heterocycles. The van der Waals surface area contributed by atoms with E-state index in [2.05, 4.69) is 5.32 Å². The number of nitrogens with one attached hydrogen (secondary N) is 2. The van der Waals surface area contributed by atoms with Gasteiger partial charge in [0.1, 0.15) is 0 Å². The van der Waals surface area contributed by atoms with Crippen molar-refractivity contribution in [1.82, 2.24) is 4.72 Å². The van der Waals surface area contributed by atoms with Crippen molar-refractivity contribution in [3.8, 4) is 0 Å². The molecule has 5 nitrogen and oxygen atoms in total. The number of amides is 1. The minimum atomic E-state index is -5.62. The minimum Gasteiger partial charge on any atom is -0.385 e. The lowest BCUT2D eigenvalue weighted by Crippen LogP contribution is -2.40. The number of sulfonamides is 1. The number of anilines is 1. The fourth-order valence-electron chi connectivity index (χ4n) is 1.14. The summed E-state index contributed by atoms with van der Waals surface area (Å²) in [5.74, 6) is -1.22. The van der Waals surface area contributed by atoms with Gasteiger partial charge in [0.25, 0.3) is 0 Å². The molecule has 1 rings (SSSR count). The Morgan fingerprint density at radius 3 is 2.26 bits per heavy atom. The van der Waals surface area contributed by atoms with Gasteiger partial charge in [-0.15, -0.1) is 0 Å². The summed E-state index contributed by atoms with van der Waals surface area (Å²) in [6, 6.07) is 8.63. The van der Waals surface area contributed by atoms with E-state index >= 15 is 0 Å². The Labute approximate surface area is 107 Å². The topological polar surface area (TPSA) is 75.3 Å². The van der Waals surface area contributed by atoms with Gasteiger partial charge in [-0.3, -0.25) is 4.79 Å². The Balaban J connectivity index is 2.41. The SMILES string of the molecule is O=C(CCNc1ccccc1)NS(=O)(=O)C(F)(F)F. The third-order valence-electron chi connectivity index (χ3n) is 2.01. The maximum Gasteiger partial charge on any atom is 0.516 e. The van der Waals surface area contributed by atoms with E-state index < -0.39 is 27.9 Å². The van der Waals surface area contributed by atoms with Crippen LogP contribution in [-0.2, 0) is 14.8 Å². The molecular weight excluding hydrogens is 285 g/mol. The molecule has 0 radical (unpaired) electrons. The average Bonchev–Trinajstić information content (AvgIpc) is 2.28. The summed E-state index contributed by atoms with van der Waals surface area (Å²) in [6.07, 6.45) is -0.399. The van der Waals surface area contributed by atoms with Gasteiger partial charge < -0.3 is 5.32 Å². The molecule has 19 heavy (non-hydrogen) atoms. The predicted octanol–water partition coefficient (Wildman–Crippen LogP) is 1.45. The van der Waals surface area contributed by atoms with Crippen LogP contribution < -0.4 is 10.0 Å². The minimum absolute atomic E-state index is 0.0171. The molecule has 0 atom stereocenters. The van der Waals surface area contributed by atoms with Gasteiger partial charge in [0, 0.05) is 18.7 Å². The molecular formula is C10H11F3N2O3S. The molecule has 0 aromatic heterocycles. The maximum absolute atomic E-state index is 12.0. The van der Waals surface area contributed by atoms with Gasteiger partial charge in [0.05, 0.1) is 0 Å². The molecule has 0 spiro atoms. The zero-order valence-electron chi connectivity index (χ0n) is 9.57. The Bertz CT molecular complexity index is 529. The first-order valence-corrected chi connectivity index (χ1v) is 6.61. The largest absolute Gasteiger partial charge is 0.516 e. The summed E-state index contributed by atoms with van der Waals surface area (Å²) in [4.78, 5) is 11.1. The van der Waals surface area contributed by atoms with E-state index in [9.17, 15) is 26.4 Å². The van der Waals surface area contributed by atoms with Crippen LogP contribution in [-0.4, -0.2) is 26.4 Å². The van der Waals surface area contributed by atoms with Crippen LogP contribution in [0.4, 0.5) is 18.9 Å². The molecule has 106 valence electrons. The smallest absolute Gasteiger partial charge is 0.385 e. The zero-order chi connectivity index (χ0) is 14.5. The molecule has 9 heteroatoms. The summed E-state index contributed by atoms with van der Waals surface area (Å²) < 4.78 is 58.1. The van der Waals surface area contributed by atoms with E-state index in [1.165, 1.54) is 0 Å². The van der Waals surface area contributed by atoms with Gasteiger partial charge in [-0.25, -0.2) is 4.72 Å². The first kappa shape index (κ1) is 15.3. The fourth-order valence-corrected chi connectivity index (χ4v) is 1.65. The zero-order valence-corrected chi connectivity index (χ0v) is 10.4. The molecule has 0 fully saturated rings. The van der Waals surface area contributed by atoms with Gasteiger partial charge in [-0.1, -0.05) is 18.2 Å². The van der Waals surface area contributed by atoms with E-state index in [0.717, 1.165) is 4.72 Å². The Hall–Kier alpha value is -1.77. The summed E-state index contributed by atoms with van der Waals surface area (Å²) in [7, 11) is -5.62. The van der Waals surface area contributed by atoms with Crippen LogP contribution in [0.3, 0.4) is 0 Å². The molecule has 0 aliphatic heterocycles. The molecule has 1 aromatic carbocycles. The lowest BCUT2D eigenvalue weighted by molar-refractivity contribution is -0.119. The number of benzene rings is 1. The highest BCUT2D eigenvalue weighted by Gasteiger charge is 2.46. The van der Waals surface area contributed by atoms with Crippen molar-refractivity contribution in [2.24, 2.45) is 0 Å². The van der Waals surface area contributed by atoms with Gasteiger partial charge in [-0.2, -0.15) is 21.6 Å². The Morgan fingerprint density at radius 1 is 1.16 bits per heavy atom. The summed E-state index contributed by atoms with van der Waals surface area (Å²) in [6.45, 7) is 0.0171. The molecule has 0 saturated heterocycles. The summed E-state index contributed by atoms with van der Waals surface area (Å²) >= 11 is 0. The van der Waals surface area contributed by atoms with Crippen LogP contribution in [0.25, 0.3) is 0 Å². The van der Waals surface area contributed by atoms with Crippen LogP contribution in [0.1, 0.15) is 6.42 Å². The molecule has 0 aliphatic rings. The van der Waals surface area contributed by atoms with Crippen molar-refractivity contribution in [3.05, 3.63) is 30.3 Å². The highest BCUT2D eigenvalue weighted by molar-refractivity contribution is 7.90. The first-order valence-electron chi connectivity index (χ1n) is 5.13. The molecule has 0 unspecified atom stereocenters. The van der Waals surface area contributed by atoms with Gasteiger partial charge in [-0.05, 0) is 12.1 Å². The van der Waals surface area contributed by atoms with E-state index in [1.54, 1.807) is 30.3 Å². The molecule has 1 amide bonds. The van der Waals surface area contributed by atoms with Crippen molar-refractivity contribution < 1.29 is 26.4 Å². The van der Waals surface area contributed by atoms with Crippen LogP contribution >= 0.6 is 0 Å². The Morgan fingerprint density at radius 2 is 1.74 bits per heavy atom. The highest BCUT2D eigenvalue weighted by atomic mass is 32.2. The number of alkyl halides is 3. The lowest BCUT2D eigenvalue weighted by Gasteiger charge is -2.10. The maximum atomic E-state index is 12.0. The third kappa shape index (κ3) is 4.78. The van der Waals surface area contributed by atoms with E-state index in [4.69, 9.17) is 0 Å². The van der Waals surface area contributed by atoms with E-state index in [0.29, 0.717) is 5.69 Å². The molecule has 2 N–H and O–H groups in total. The third-order valence-corrected chi connectivity index (χ3v) is 3.11. The number of hydrogen-bond donors (Lipinski definition) is 2. The lowest BCUT2D eigenvalue weighted by atomic mass is 10.3. The second-order valence-electron chi connectivity index (χ2n) is 3.52. The summed E-state index contributed by atoms with van der Waals surface area (Å²) in [5.41, 5.74) is -4.82. The number of carbonyl (C=O) groups excluding carboxylic acids is 1.